The Bertz CT molecular complexity index is 608. The van der Waals surface area contributed by atoms with Crippen LogP contribution in [0.1, 0.15) is 24.5 Å². The summed E-state index contributed by atoms with van der Waals surface area (Å²) in [6, 6.07) is 15.7. The van der Waals surface area contributed by atoms with Gasteiger partial charge in [-0.3, -0.25) is 4.79 Å². The van der Waals surface area contributed by atoms with Gasteiger partial charge in [0, 0.05) is 5.69 Å². The molecule has 21 heavy (non-hydrogen) atoms. The Labute approximate surface area is 126 Å². The number of para-hydroxylation sites is 1. The highest BCUT2D eigenvalue weighted by Crippen LogP contribution is 2.16. The summed E-state index contributed by atoms with van der Waals surface area (Å²) in [5.74, 6) is 0.801. The third-order valence-electron chi connectivity index (χ3n) is 3.30. The third kappa shape index (κ3) is 4.63. The maximum atomic E-state index is 11.9. The second-order valence-electron chi connectivity index (χ2n) is 4.97. The van der Waals surface area contributed by atoms with Gasteiger partial charge in [-0.05, 0) is 42.7 Å². The summed E-state index contributed by atoms with van der Waals surface area (Å²) >= 11 is 0. The zero-order valence-corrected chi connectivity index (χ0v) is 12.6. The van der Waals surface area contributed by atoms with Crippen molar-refractivity contribution < 1.29 is 9.53 Å². The maximum Gasteiger partial charge on any atom is 0.227 e. The molecule has 0 bridgehead atoms. The highest BCUT2D eigenvalue weighted by atomic mass is 16.5. The van der Waals surface area contributed by atoms with E-state index in [0.29, 0.717) is 13.0 Å². The lowest BCUT2D eigenvalue weighted by molar-refractivity contribution is -0.116. The third-order valence-corrected chi connectivity index (χ3v) is 3.30. The van der Waals surface area contributed by atoms with Crippen molar-refractivity contribution in [2.24, 2.45) is 0 Å². The first kappa shape index (κ1) is 15.1. The van der Waals surface area contributed by atoms with E-state index in [9.17, 15) is 4.79 Å². The molecule has 0 spiro atoms. The lowest BCUT2D eigenvalue weighted by Gasteiger charge is -2.09. The van der Waals surface area contributed by atoms with Crippen LogP contribution in [0.3, 0.4) is 0 Å². The Balaban J connectivity index is 1.81. The van der Waals surface area contributed by atoms with Gasteiger partial charge in [0.1, 0.15) is 5.75 Å². The van der Waals surface area contributed by atoms with Gasteiger partial charge in [0.15, 0.2) is 0 Å². The van der Waals surface area contributed by atoms with E-state index in [0.717, 1.165) is 23.4 Å². The van der Waals surface area contributed by atoms with Gasteiger partial charge in [-0.25, -0.2) is 0 Å². The molecule has 0 atom stereocenters. The van der Waals surface area contributed by atoms with Gasteiger partial charge in [0.05, 0.1) is 13.0 Å². The summed E-state index contributed by atoms with van der Waals surface area (Å²) in [5.41, 5.74) is 3.13. The van der Waals surface area contributed by atoms with Crippen LogP contribution in [0.4, 0.5) is 5.69 Å². The minimum absolute atomic E-state index is 0.0307. The van der Waals surface area contributed by atoms with Crippen molar-refractivity contribution in [3.8, 4) is 5.75 Å². The highest BCUT2D eigenvalue weighted by Gasteiger charge is 2.04. The predicted octanol–water partition coefficient (Wildman–Crippen LogP) is 3.97. The van der Waals surface area contributed by atoms with Crippen LogP contribution >= 0.6 is 0 Å². The van der Waals surface area contributed by atoms with E-state index in [4.69, 9.17) is 4.74 Å². The fraction of sp³-hybridized carbons (Fsp3) is 0.278. The Morgan fingerprint density at radius 1 is 1.14 bits per heavy atom. The van der Waals surface area contributed by atoms with E-state index in [1.807, 2.05) is 49.4 Å². The van der Waals surface area contributed by atoms with Gasteiger partial charge >= 0.3 is 0 Å². The number of hydrogen-bond donors (Lipinski definition) is 1. The highest BCUT2D eigenvalue weighted by molar-refractivity contribution is 5.90. The molecular formula is C18H21NO2. The molecular weight excluding hydrogens is 262 g/mol. The Morgan fingerprint density at radius 3 is 2.71 bits per heavy atom. The second-order valence-corrected chi connectivity index (χ2v) is 4.97. The fourth-order valence-electron chi connectivity index (χ4n) is 2.06. The number of hydrogen-bond acceptors (Lipinski definition) is 2. The molecule has 0 saturated heterocycles. The van der Waals surface area contributed by atoms with Gasteiger partial charge < -0.3 is 10.1 Å². The minimum Gasteiger partial charge on any atom is -0.493 e. The van der Waals surface area contributed by atoms with E-state index in [2.05, 4.69) is 18.3 Å². The number of carbonyl (C=O) groups excluding carboxylic acids is 1. The number of rotatable bonds is 6. The lowest BCUT2D eigenvalue weighted by Crippen LogP contribution is -2.15. The van der Waals surface area contributed by atoms with Gasteiger partial charge in [-0.15, -0.1) is 0 Å². The van der Waals surface area contributed by atoms with E-state index < -0.39 is 0 Å². The molecule has 0 radical (unpaired) electrons. The van der Waals surface area contributed by atoms with Crippen molar-refractivity contribution in [2.75, 3.05) is 11.9 Å². The molecule has 0 saturated carbocycles. The molecule has 0 aliphatic rings. The van der Waals surface area contributed by atoms with Crippen LogP contribution in [0.5, 0.6) is 5.75 Å². The topological polar surface area (TPSA) is 38.3 Å². The van der Waals surface area contributed by atoms with Gasteiger partial charge in [-0.1, -0.05) is 37.3 Å². The smallest absolute Gasteiger partial charge is 0.227 e. The number of anilines is 1. The first-order chi connectivity index (χ1) is 10.2. The largest absolute Gasteiger partial charge is 0.493 e. The summed E-state index contributed by atoms with van der Waals surface area (Å²) in [6.07, 6.45) is 1.30. The van der Waals surface area contributed by atoms with Crippen molar-refractivity contribution in [2.45, 2.75) is 26.7 Å². The molecule has 2 aromatic rings. The van der Waals surface area contributed by atoms with Gasteiger partial charge in [-0.2, -0.15) is 0 Å². The van der Waals surface area contributed by atoms with Crippen molar-refractivity contribution in [1.82, 2.24) is 0 Å². The molecule has 3 nitrogen and oxygen atoms in total. The van der Waals surface area contributed by atoms with Gasteiger partial charge in [0.2, 0.25) is 5.91 Å². The molecule has 3 heteroatoms. The predicted molar refractivity (Wildman–Crippen MR) is 85.7 cm³/mol. The van der Waals surface area contributed by atoms with Crippen LogP contribution in [-0.4, -0.2) is 12.5 Å². The van der Waals surface area contributed by atoms with E-state index in [1.54, 1.807) is 0 Å². The summed E-state index contributed by atoms with van der Waals surface area (Å²) in [6.45, 7) is 4.47. The van der Waals surface area contributed by atoms with Crippen LogP contribution in [0, 0.1) is 6.92 Å². The zero-order valence-electron chi connectivity index (χ0n) is 12.6. The monoisotopic (exact) mass is 283 g/mol. The number of ether oxygens (including phenoxy) is 1. The average Bonchev–Trinajstić information content (AvgIpc) is 2.49. The SMILES string of the molecule is CCc1cccc(NC(=O)CCOc2ccccc2C)c1. The molecule has 0 aliphatic heterocycles. The molecule has 0 aliphatic carbocycles. The lowest BCUT2D eigenvalue weighted by atomic mass is 10.1. The molecule has 0 heterocycles. The summed E-state index contributed by atoms with van der Waals surface area (Å²) < 4.78 is 5.63. The first-order valence-electron chi connectivity index (χ1n) is 7.26. The Morgan fingerprint density at radius 2 is 1.95 bits per heavy atom. The standard InChI is InChI=1S/C18H21NO2/c1-3-15-8-6-9-16(13-15)19-18(20)11-12-21-17-10-5-4-7-14(17)2/h4-10,13H,3,11-12H2,1-2H3,(H,19,20). The number of benzene rings is 2. The van der Waals surface area contributed by atoms with E-state index >= 15 is 0 Å². The Kier molecular flexibility index (Phi) is 5.38. The minimum atomic E-state index is -0.0307. The summed E-state index contributed by atoms with van der Waals surface area (Å²) in [5, 5.41) is 2.90. The van der Waals surface area contributed by atoms with Crippen LogP contribution in [0.25, 0.3) is 0 Å². The molecule has 0 unspecified atom stereocenters. The summed E-state index contributed by atoms with van der Waals surface area (Å²) in [4.78, 5) is 11.9. The van der Waals surface area contributed by atoms with Gasteiger partial charge in [0.25, 0.3) is 0 Å². The van der Waals surface area contributed by atoms with E-state index in [1.165, 1.54) is 5.56 Å². The number of carbonyl (C=O) groups is 1. The average molecular weight is 283 g/mol. The number of nitrogens with one attached hydrogen (secondary N) is 1. The van der Waals surface area contributed by atoms with Crippen LogP contribution in [0.2, 0.25) is 0 Å². The molecule has 2 rings (SSSR count). The first-order valence-corrected chi connectivity index (χ1v) is 7.26. The second kappa shape index (κ2) is 7.48. The van der Waals surface area contributed by atoms with Crippen LogP contribution in [0.15, 0.2) is 48.5 Å². The normalized spacial score (nSPS) is 10.2. The molecule has 0 aromatic heterocycles. The Hall–Kier alpha value is -2.29. The molecule has 110 valence electrons. The van der Waals surface area contributed by atoms with Crippen molar-refractivity contribution >= 4 is 11.6 Å². The number of amides is 1. The van der Waals surface area contributed by atoms with Crippen molar-refractivity contribution in [3.05, 3.63) is 59.7 Å². The van der Waals surface area contributed by atoms with E-state index in [-0.39, 0.29) is 5.91 Å². The zero-order chi connectivity index (χ0) is 15.1. The molecule has 0 fully saturated rings. The van der Waals surface area contributed by atoms with Crippen LogP contribution < -0.4 is 10.1 Å². The van der Waals surface area contributed by atoms with Crippen molar-refractivity contribution in [3.63, 3.8) is 0 Å². The fourth-order valence-corrected chi connectivity index (χ4v) is 2.06. The molecule has 2 aromatic carbocycles. The molecule has 1 N–H and O–H groups in total. The molecule has 1 amide bonds. The quantitative estimate of drug-likeness (QED) is 0.871. The van der Waals surface area contributed by atoms with Crippen LogP contribution in [-0.2, 0) is 11.2 Å². The summed E-state index contributed by atoms with van der Waals surface area (Å²) in [7, 11) is 0. The maximum absolute atomic E-state index is 11.9. The number of aryl methyl sites for hydroxylation is 2. The van der Waals surface area contributed by atoms with Crippen molar-refractivity contribution in [1.29, 1.82) is 0 Å².